The maximum absolute atomic E-state index is 11.0. The lowest BCUT2D eigenvalue weighted by Gasteiger charge is -2.54. The average molecular weight is 508 g/mol. The van der Waals surface area contributed by atoms with Crippen LogP contribution in [0.5, 0.6) is 5.75 Å². The molecule has 2 aromatic rings. The molecule has 3 nitrogen and oxygen atoms in total. The quantitative estimate of drug-likeness (QED) is 0.304. The van der Waals surface area contributed by atoms with Crippen LogP contribution in [0.1, 0.15) is 100 Å². The molecule has 2 N–H and O–H groups in total. The Labute approximate surface area is 222 Å². The molecule has 4 heteroatoms. The van der Waals surface area contributed by atoms with E-state index in [1.165, 1.54) is 86.8 Å². The second kappa shape index (κ2) is 11.9. The number of hydrogen-bond acceptors (Lipinski definition) is 4. The number of nitrogens with zero attached hydrogens (tertiary/aromatic N) is 1. The summed E-state index contributed by atoms with van der Waals surface area (Å²) in [4.78, 5) is 4.41. The third kappa shape index (κ3) is 5.65. The summed E-state index contributed by atoms with van der Waals surface area (Å²) in [6.45, 7) is 2.40. The molecule has 0 radical (unpaired) electrons. The van der Waals surface area contributed by atoms with Crippen LogP contribution in [0.25, 0.3) is 0 Å². The van der Waals surface area contributed by atoms with E-state index in [0.29, 0.717) is 29.4 Å². The minimum absolute atomic E-state index is 0.104. The molecule has 0 spiro atoms. The highest BCUT2D eigenvalue weighted by Crippen LogP contribution is 2.63. The Balaban J connectivity index is 1.09. The van der Waals surface area contributed by atoms with Gasteiger partial charge in [-0.3, -0.25) is 4.98 Å². The monoisotopic (exact) mass is 507 g/mol. The van der Waals surface area contributed by atoms with Gasteiger partial charge in [0.1, 0.15) is 5.75 Å². The highest BCUT2D eigenvalue weighted by Gasteiger charge is 2.57. The fourth-order valence-corrected chi connectivity index (χ4v) is 9.04. The van der Waals surface area contributed by atoms with E-state index in [-0.39, 0.29) is 11.5 Å². The number of aromatic hydroxyl groups is 1. The zero-order valence-electron chi connectivity index (χ0n) is 22.1. The van der Waals surface area contributed by atoms with Crippen molar-refractivity contribution in [3.8, 4) is 5.75 Å². The van der Waals surface area contributed by atoms with Gasteiger partial charge < -0.3 is 10.2 Å². The number of aliphatic hydroxyl groups is 1. The van der Waals surface area contributed by atoms with E-state index in [9.17, 15) is 10.2 Å². The van der Waals surface area contributed by atoms with Gasteiger partial charge in [0.25, 0.3) is 0 Å². The topological polar surface area (TPSA) is 53.4 Å². The minimum Gasteiger partial charge on any atom is -0.508 e. The first-order chi connectivity index (χ1) is 17.6. The van der Waals surface area contributed by atoms with Crippen molar-refractivity contribution in [2.45, 2.75) is 102 Å². The van der Waals surface area contributed by atoms with E-state index < -0.39 is 0 Å². The van der Waals surface area contributed by atoms with Crippen LogP contribution in [0.3, 0.4) is 0 Å². The maximum atomic E-state index is 11.0. The summed E-state index contributed by atoms with van der Waals surface area (Å²) in [6, 6.07) is 12.3. The molecular weight excluding hydrogens is 462 g/mol. The number of hydrogen-bond donors (Lipinski definition) is 2. The predicted octanol–water partition coefficient (Wildman–Crippen LogP) is 7.89. The van der Waals surface area contributed by atoms with Crippen molar-refractivity contribution in [1.82, 2.24) is 4.98 Å². The van der Waals surface area contributed by atoms with E-state index in [1.54, 1.807) is 0 Å². The van der Waals surface area contributed by atoms with Crippen LogP contribution in [-0.4, -0.2) is 27.1 Å². The van der Waals surface area contributed by atoms with Crippen LogP contribution in [0.2, 0.25) is 0 Å². The summed E-state index contributed by atoms with van der Waals surface area (Å²) in [7, 11) is 0. The number of phenolic OH excluding ortho intramolecular Hbond substituents is 1. The van der Waals surface area contributed by atoms with Crippen molar-refractivity contribution < 1.29 is 10.2 Å². The molecule has 1 aromatic carbocycles. The third-order valence-electron chi connectivity index (χ3n) is 9.87. The zero-order valence-corrected chi connectivity index (χ0v) is 22.9. The summed E-state index contributed by atoms with van der Waals surface area (Å²) >= 11 is 2.01. The normalized spacial score (nSPS) is 31.0. The number of rotatable bonds is 11. The van der Waals surface area contributed by atoms with Crippen molar-refractivity contribution in [2.75, 3.05) is 5.75 Å². The van der Waals surface area contributed by atoms with Gasteiger partial charge in [0.2, 0.25) is 0 Å². The fraction of sp³-hybridized carbons (Fsp3) is 0.656. The van der Waals surface area contributed by atoms with Crippen LogP contribution in [0.15, 0.2) is 42.6 Å². The Kier molecular flexibility index (Phi) is 8.63. The van der Waals surface area contributed by atoms with E-state index in [2.05, 4.69) is 30.1 Å². The van der Waals surface area contributed by atoms with Crippen molar-refractivity contribution in [3.05, 3.63) is 59.4 Å². The van der Waals surface area contributed by atoms with Gasteiger partial charge in [-0.25, -0.2) is 0 Å². The van der Waals surface area contributed by atoms with Crippen LogP contribution < -0.4 is 0 Å². The first kappa shape index (κ1) is 26.1. The highest BCUT2D eigenvalue weighted by molar-refractivity contribution is 7.98. The van der Waals surface area contributed by atoms with Crippen LogP contribution in [0.4, 0.5) is 0 Å². The Hall–Kier alpha value is -1.52. The molecule has 6 atom stereocenters. The van der Waals surface area contributed by atoms with E-state index in [4.69, 9.17) is 0 Å². The summed E-state index contributed by atoms with van der Waals surface area (Å²) in [5, 5.41) is 21.1. The molecule has 0 bridgehead atoms. The van der Waals surface area contributed by atoms with Gasteiger partial charge in [0, 0.05) is 11.9 Å². The second-order valence-electron chi connectivity index (χ2n) is 12.1. The third-order valence-corrected chi connectivity index (χ3v) is 10.9. The number of phenols is 1. The number of aryl methyl sites for hydroxylation is 1. The minimum atomic E-state index is -0.122. The molecule has 36 heavy (non-hydrogen) atoms. The Morgan fingerprint density at radius 3 is 2.67 bits per heavy atom. The van der Waals surface area contributed by atoms with Gasteiger partial charge in [0.15, 0.2) is 0 Å². The molecule has 0 aliphatic heterocycles. The molecule has 2 saturated carbocycles. The Bertz CT molecular complexity index is 981. The SMILES string of the molecule is C[C@]12C[C@H](CCCCCCCCSCc3ccccn3)[C@@H]3c4ccc(O)cc4CC[C@H]3[C@@H]1CC[C@@H]2O. The first-order valence-electron chi connectivity index (χ1n) is 14.5. The second-order valence-corrected chi connectivity index (χ2v) is 13.2. The fourth-order valence-electron chi connectivity index (χ4n) is 8.11. The van der Waals surface area contributed by atoms with E-state index in [0.717, 1.165) is 18.6 Å². The summed E-state index contributed by atoms with van der Waals surface area (Å²) < 4.78 is 0. The lowest BCUT2D eigenvalue weighted by molar-refractivity contribution is -0.0501. The molecule has 196 valence electrons. The number of pyridine rings is 1. The van der Waals surface area contributed by atoms with E-state index >= 15 is 0 Å². The molecule has 0 amide bonds. The van der Waals surface area contributed by atoms with Gasteiger partial charge in [-0.1, -0.05) is 51.2 Å². The van der Waals surface area contributed by atoms with Crippen molar-refractivity contribution in [3.63, 3.8) is 0 Å². The predicted molar refractivity (Wildman–Crippen MR) is 150 cm³/mol. The molecule has 3 aliphatic rings. The van der Waals surface area contributed by atoms with E-state index in [1.807, 2.05) is 36.2 Å². The van der Waals surface area contributed by atoms with Gasteiger partial charge in [-0.15, -0.1) is 0 Å². The lowest BCUT2D eigenvalue weighted by Crippen LogP contribution is -2.47. The Morgan fingerprint density at radius 1 is 1.00 bits per heavy atom. The van der Waals surface area contributed by atoms with Crippen LogP contribution in [0, 0.1) is 23.2 Å². The van der Waals surface area contributed by atoms with Gasteiger partial charge in [-0.05, 0) is 115 Å². The molecule has 1 heterocycles. The lowest BCUT2D eigenvalue weighted by atomic mass is 9.51. The van der Waals surface area contributed by atoms with Crippen molar-refractivity contribution in [1.29, 1.82) is 0 Å². The number of benzene rings is 1. The standard InChI is InChI=1S/C32H45NO2S/c1-32-21-24(10-6-4-2-3-5-9-19-36-22-25-11-7-8-18-33-25)31-27-15-13-26(34)20-23(27)12-14-28(31)29(32)16-17-30(32)35/h7-8,11,13,15,18,20,24,28-31,34-35H,2-6,9-10,12,14,16-17,19,21-22H2,1H3/t24-,28-,29-,30-,31+,32-/m0/s1. The molecule has 2 fully saturated rings. The average Bonchev–Trinajstić information content (AvgIpc) is 3.19. The molecule has 1 aromatic heterocycles. The number of aromatic nitrogens is 1. The van der Waals surface area contributed by atoms with Gasteiger partial charge >= 0.3 is 0 Å². The number of fused-ring (bicyclic) bond motifs is 5. The van der Waals surface area contributed by atoms with Crippen LogP contribution in [-0.2, 0) is 12.2 Å². The summed E-state index contributed by atoms with van der Waals surface area (Å²) in [5.74, 6) is 5.32. The number of thioether (sulfide) groups is 1. The molecule has 5 rings (SSSR count). The van der Waals surface area contributed by atoms with Crippen molar-refractivity contribution >= 4 is 11.8 Å². The van der Waals surface area contributed by atoms with Crippen molar-refractivity contribution in [2.24, 2.45) is 23.2 Å². The maximum Gasteiger partial charge on any atom is 0.115 e. The largest absolute Gasteiger partial charge is 0.508 e. The number of aliphatic hydroxyl groups excluding tert-OH is 1. The molecule has 0 saturated heterocycles. The van der Waals surface area contributed by atoms with Crippen LogP contribution >= 0.6 is 11.8 Å². The van der Waals surface area contributed by atoms with Gasteiger partial charge in [-0.2, -0.15) is 11.8 Å². The summed E-state index contributed by atoms with van der Waals surface area (Å²) in [6.07, 6.45) is 16.7. The smallest absolute Gasteiger partial charge is 0.115 e. The molecule has 3 aliphatic carbocycles. The Morgan fingerprint density at radius 2 is 1.83 bits per heavy atom. The first-order valence-corrected chi connectivity index (χ1v) is 15.7. The molecule has 0 unspecified atom stereocenters. The van der Waals surface area contributed by atoms with Gasteiger partial charge in [0.05, 0.1) is 11.8 Å². The summed E-state index contributed by atoms with van der Waals surface area (Å²) in [5.41, 5.74) is 4.19. The zero-order chi connectivity index (χ0) is 25.0. The molecular formula is C32H45NO2S. The number of unbranched alkanes of at least 4 members (excludes halogenated alkanes) is 5. The highest BCUT2D eigenvalue weighted by atomic mass is 32.2.